The van der Waals surface area contributed by atoms with E-state index in [0.717, 1.165) is 22.5 Å². The van der Waals surface area contributed by atoms with E-state index in [1.54, 1.807) is 24.5 Å². The number of halogens is 1. The minimum absolute atomic E-state index is 0.00753. The molecule has 0 bridgehead atoms. The first-order chi connectivity index (χ1) is 14.5. The van der Waals surface area contributed by atoms with Gasteiger partial charge < -0.3 is 15.2 Å². The van der Waals surface area contributed by atoms with Crippen LogP contribution in [-0.4, -0.2) is 34.0 Å². The minimum atomic E-state index is -0.349. The lowest BCUT2D eigenvalue weighted by Crippen LogP contribution is -2.35. The second-order valence-electron chi connectivity index (χ2n) is 7.60. The molecular weight excluding hydrogens is 383 g/mol. The summed E-state index contributed by atoms with van der Waals surface area (Å²) in [6.07, 6.45) is 3.96. The zero-order chi connectivity index (χ0) is 21.3. The van der Waals surface area contributed by atoms with Gasteiger partial charge in [-0.25, -0.2) is 4.39 Å². The summed E-state index contributed by atoms with van der Waals surface area (Å²) in [6, 6.07) is 9.79. The third-order valence-electron chi connectivity index (χ3n) is 5.08. The van der Waals surface area contributed by atoms with Crippen molar-refractivity contribution in [3.63, 3.8) is 0 Å². The van der Waals surface area contributed by atoms with Gasteiger partial charge >= 0.3 is 0 Å². The summed E-state index contributed by atoms with van der Waals surface area (Å²) in [5.41, 5.74) is 4.36. The van der Waals surface area contributed by atoms with Crippen LogP contribution in [0.15, 0.2) is 48.8 Å². The van der Waals surface area contributed by atoms with Gasteiger partial charge in [-0.15, -0.1) is 0 Å². The minimum Gasteiger partial charge on any atom is -0.352 e. The van der Waals surface area contributed by atoms with E-state index in [9.17, 15) is 14.0 Å². The fourth-order valence-electron chi connectivity index (χ4n) is 3.95. The highest BCUT2D eigenvalue weighted by Gasteiger charge is 2.31. The van der Waals surface area contributed by atoms with E-state index in [1.165, 1.54) is 12.1 Å². The van der Waals surface area contributed by atoms with Gasteiger partial charge in [0.1, 0.15) is 12.4 Å². The molecule has 0 aliphatic carbocycles. The van der Waals surface area contributed by atoms with Crippen molar-refractivity contribution in [2.24, 2.45) is 0 Å². The monoisotopic (exact) mass is 406 g/mol. The number of aromatic nitrogens is 2. The smallest absolute Gasteiger partial charge is 0.253 e. The van der Waals surface area contributed by atoms with Crippen molar-refractivity contribution < 1.29 is 14.0 Å². The van der Waals surface area contributed by atoms with Crippen LogP contribution in [0.3, 0.4) is 0 Å². The van der Waals surface area contributed by atoms with Crippen LogP contribution in [-0.2, 0) is 17.8 Å². The van der Waals surface area contributed by atoms with Gasteiger partial charge in [0.2, 0.25) is 5.91 Å². The maximum absolute atomic E-state index is 13.6. The first-order valence-corrected chi connectivity index (χ1v) is 9.95. The van der Waals surface area contributed by atoms with Gasteiger partial charge in [0.05, 0.1) is 11.3 Å². The van der Waals surface area contributed by atoms with E-state index in [1.807, 2.05) is 30.5 Å². The molecule has 0 fully saturated rings. The van der Waals surface area contributed by atoms with Gasteiger partial charge in [-0.3, -0.25) is 14.6 Å². The lowest BCUT2D eigenvalue weighted by molar-refractivity contribution is -0.122. The zero-order valence-electron chi connectivity index (χ0n) is 16.9. The summed E-state index contributed by atoms with van der Waals surface area (Å²) < 4.78 is 15.5. The summed E-state index contributed by atoms with van der Waals surface area (Å²) in [5, 5.41) is 5.82. The molecule has 0 saturated heterocycles. The van der Waals surface area contributed by atoms with Gasteiger partial charge in [0.25, 0.3) is 5.91 Å². The van der Waals surface area contributed by atoms with Gasteiger partial charge in [-0.1, -0.05) is 12.1 Å². The average molecular weight is 406 g/mol. The Bertz CT molecular complexity index is 1090. The maximum atomic E-state index is 13.6. The molecule has 1 aliphatic rings. The van der Waals surface area contributed by atoms with E-state index in [0.29, 0.717) is 24.1 Å². The van der Waals surface area contributed by atoms with Crippen molar-refractivity contribution in [2.45, 2.75) is 32.9 Å². The number of carbonyl (C=O) groups is 2. The second-order valence-corrected chi connectivity index (χ2v) is 7.60. The molecule has 0 radical (unpaired) electrons. The lowest BCUT2D eigenvalue weighted by Gasteiger charge is -2.18. The normalized spacial score (nSPS) is 13.1. The van der Waals surface area contributed by atoms with Crippen LogP contribution < -0.4 is 10.6 Å². The first-order valence-electron chi connectivity index (χ1n) is 9.95. The van der Waals surface area contributed by atoms with Crippen molar-refractivity contribution in [1.29, 1.82) is 0 Å². The van der Waals surface area contributed by atoms with Crippen molar-refractivity contribution >= 4 is 11.8 Å². The van der Waals surface area contributed by atoms with E-state index < -0.39 is 0 Å². The standard InChI is InChI=1S/C23H23FN4O2/c1-14(2)27-19(29)13-28-18-9-12-26-23(30)21(18)20(15-3-5-17(24)6-4-15)22(28)16-7-10-25-11-8-16/h3-8,10-11,14H,9,12-13H2,1-2H3,(H,26,30)(H,27,29). The Morgan fingerprint density at radius 1 is 1.13 bits per heavy atom. The maximum Gasteiger partial charge on any atom is 0.253 e. The molecule has 154 valence electrons. The fraction of sp³-hybridized carbons (Fsp3) is 0.261. The summed E-state index contributed by atoms with van der Waals surface area (Å²) >= 11 is 0. The molecule has 0 spiro atoms. The van der Waals surface area contributed by atoms with Gasteiger partial charge in [0, 0.05) is 48.2 Å². The van der Waals surface area contributed by atoms with E-state index in [4.69, 9.17) is 0 Å². The van der Waals surface area contributed by atoms with E-state index in [-0.39, 0.29) is 30.2 Å². The van der Waals surface area contributed by atoms with Crippen molar-refractivity contribution in [3.05, 3.63) is 65.9 Å². The highest BCUT2D eigenvalue weighted by molar-refractivity contribution is 6.07. The van der Waals surface area contributed by atoms with Crippen LogP contribution in [0.5, 0.6) is 0 Å². The number of rotatable bonds is 5. The second kappa shape index (κ2) is 8.10. The molecule has 2 N–H and O–H groups in total. The quantitative estimate of drug-likeness (QED) is 0.683. The fourth-order valence-corrected chi connectivity index (χ4v) is 3.95. The number of pyridine rings is 1. The lowest BCUT2D eigenvalue weighted by atomic mass is 9.95. The molecule has 0 saturated carbocycles. The molecule has 3 heterocycles. The average Bonchev–Trinajstić information content (AvgIpc) is 3.04. The SMILES string of the molecule is CC(C)NC(=O)Cn1c2c(c(-c3ccc(F)cc3)c1-c1ccncc1)C(=O)NCC2. The van der Waals surface area contributed by atoms with Gasteiger partial charge in [-0.2, -0.15) is 0 Å². The van der Waals surface area contributed by atoms with E-state index in [2.05, 4.69) is 15.6 Å². The van der Waals surface area contributed by atoms with Gasteiger partial charge in [0.15, 0.2) is 0 Å². The molecule has 2 aromatic heterocycles. The van der Waals surface area contributed by atoms with Crippen LogP contribution >= 0.6 is 0 Å². The molecule has 2 amide bonds. The summed E-state index contributed by atoms with van der Waals surface area (Å²) in [5.74, 6) is -0.665. The van der Waals surface area contributed by atoms with Crippen LogP contribution in [0.4, 0.5) is 4.39 Å². The van der Waals surface area contributed by atoms with Crippen molar-refractivity contribution in [2.75, 3.05) is 6.54 Å². The third-order valence-corrected chi connectivity index (χ3v) is 5.08. The topological polar surface area (TPSA) is 76.0 Å². The predicted octanol–water partition coefficient (Wildman–Crippen LogP) is 3.17. The highest BCUT2D eigenvalue weighted by Crippen LogP contribution is 2.40. The molecule has 30 heavy (non-hydrogen) atoms. The largest absolute Gasteiger partial charge is 0.352 e. The molecule has 4 rings (SSSR count). The molecule has 0 atom stereocenters. The molecule has 7 heteroatoms. The number of hydrogen-bond donors (Lipinski definition) is 2. The number of nitrogens with zero attached hydrogens (tertiary/aromatic N) is 2. The Kier molecular flexibility index (Phi) is 5.35. The van der Waals surface area contributed by atoms with Crippen LogP contribution in [0, 0.1) is 5.82 Å². The number of hydrogen-bond acceptors (Lipinski definition) is 3. The molecule has 6 nitrogen and oxygen atoms in total. The number of carbonyl (C=O) groups excluding carboxylic acids is 2. The Morgan fingerprint density at radius 2 is 1.83 bits per heavy atom. The summed E-state index contributed by atoms with van der Waals surface area (Å²) in [6.45, 7) is 4.40. The Hall–Kier alpha value is -3.48. The third kappa shape index (κ3) is 3.70. The Morgan fingerprint density at radius 3 is 2.50 bits per heavy atom. The first kappa shape index (κ1) is 19.8. The van der Waals surface area contributed by atoms with Crippen LogP contribution in [0.25, 0.3) is 22.4 Å². The Labute approximate surface area is 174 Å². The van der Waals surface area contributed by atoms with Crippen molar-refractivity contribution in [1.82, 2.24) is 20.2 Å². The van der Waals surface area contributed by atoms with Crippen LogP contribution in [0.1, 0.15) is 29.9 Å². The molecule has 1 aromatic carbocycles. The highest BCUT2D eigenvalue weighted by atomic mass is 19.1. The van der Waals surface area contributed by atoms with Crippen molar-refractivity contribution in [3.8, 4) is 22.4 Å². The van der Waals surface area contributed by atoms with Crippen LogP contribution in [0.2, 0.25) is 0 Å². The molecule has 1 aliphatic heterocycles. The number of amides is 2. The number of benzene rings is 1. The molecular formula is C23H23FN4O2. The number of fused-ring (bicyclic) bond motifs is 1. The summed E-state index contributed by atoms with van der Waals surface area (Å²) in [4.78, 5) is 29.7. The summed E-state index contributed by atoms with van der Waals surface area (Å²) in [7, 11) is 0. The molecule has 3 aromatic rings. The predicted molar refractivity (Wildman–Crippen MR) is 112 cm³/mol. The van der Waals surface area contributed by atoms with E-state index >= 15 is 0 Å². The number of nitrogens with one attached hydrogen (secondary N) is 2. The zero-order valence-corrected chi connectivity index (χ0v) is 16.9. The van der Waals surface area contributed by atoms with Gasteiger partial charge in [-0.05, 0) is 43.7 Å². The Balaban J connectivity index is 1.99. The molecule has 0 unspecified atom stereocenters.